The molecule has 0 saturated carbocycles. The van der Waals surface area contributed by atoms with Gasteiger partial charge in [0.1, 0.15) is 12.4 Å². The van der Waals surface area contributed by atoms with Gasteiger partial charge in [-0.05, 0) is 31.0 Å². The van der Waals surface area contributed by atoms with E-state index < -0.39 is 26.4 Å². The molecule has 0 radical (unpaired) electrons. The van der Waals surface area contributed by atoms with Gasteiger partial charge in [-0.3, -0.25) is 0 Å². The third-order valence-electron chi connectivity index (χ3n) is 2.56. The molecule has 0 aliphatic rings. The predicted molar refractivity (Wildman–Crippen MR) is 75.6 cm³/mol. The van der Waals surface area contributed by atoms with Crippen molar-refractivity contribution < 1.29 is 27.1 Å². The molecule has 118 valence electrons. The number of carbonyl (C=O) groups is 1. The quantitative estimate of drug-likeness (QED) is 0.434. The summed E-state index contributed by atoms with van der Waals surface area (Å²) in [6.45, 7) is 3.99. The van der Waals surface area contributed by atoms with Crippen LogP contribution in [0.25, 0.3) is 0 Å². The SMILES string of the molecule is CCCOCCOC(=O)c1cc(S(=O)(=O)Cl)c(C)cc1F. The molecule has 0 spiro atoms. The highest BCUT2D eigenvalue weighted by Crippen LogP contribution is 2.23. The zero-order valence-corrected chi connectivity index (χ0v) is 13.3. The van der Waals surface area contributed by atoms with Gasteiger partial charge in [0.15, 0.2) is 0 Å². The van der Waals surface area contributed by atoms with E-state index in [9.17, 15) is 17.6 Å². The van der Waals surface area contributed by atoms with E-state index in [1.54, 1.807) is 0 Å². The van der Waals surface area contributed by atoms with Crippen molar-refractivity contribution in [2.75, 3.05) is 19.8 Å². The summed E-state index contributed by atoms with van der Waals surface area (Å²) in [6, 6.07) is 1.81. The number of carbonyl (C=O) groups excluding carboxylic acids is 1. The van der Waals surface area contributed by atoms with E-state index >= 15 is 0 Å². The van der Waals surface area contributed by atoms with Crippen molar-refractivity contribution in [1.82, 2.24) is 0 Å². The zero-order valence-electron chi connectivity index (χ0n) is 11.7. The molecule has 1 rings (SSSR count). The van der Waals surface area contributed by atoms with Gasteiger partial charge < -0.3 is 9.47 Å². The van der Waals surface area contributed by atoms with Crippen molar-refractivity contribution in [2.24, 2.45) is 0 Å². The van der Waals surface area contributed by atoms with Gasteiger partial charge in [-0.1, -0.05) is 6.92 Å². The first kappa shape index (κ1) is 17.9. The van der Waals surface area contributed by atoms with Gasteiger partial charge in [0, 0.05) is 17.3 Å². The molecule has 0 aliphatic carbocycles. The fraction of sp³-hybridized carbons (Fsp3) is 0.462. The fourth-order valence-electron chi connectivity index (χ4n) is 1.59. The van der Waals surface area contributed by atoms with Crippen molar-refractivity contribution in [2.45, 2.75) is 25.2 Å². The number of ether oxygens (including phenoxy) is 2. The number of halogens is 2. The second-order valence-corrected chi connectivity index (χ2v) is 6.82. The number of hydrogen-bond acceptors (Lipinski definition) is 5. The summed E-state index contributed by atoms with van der Waals surface area (Å²) in [5.41, 5.74) is -0.361. The van der Waals surface area contributed by atoms with Crippen molar-refractivity contribution >= 4 is 25.7 Å². The van der Waals surface area contributed by atoms with Crippen molar-refractivity contribution in [1.29, 1.82) is 0 Å². The molecule has 0 bridgehead atoms. The van der Waals surface area contributed by atoms with E-state index in [4.69, 9.17) is 20.2 Å². The monoisotopic (exact) mass is 338 g/mol. The van der Waals surface area contributed by atoms with Crippen LogP contribution in [-0.2, 0) is 18.5 Å². The molecule has 0 fully saturated rings. The lowest BCUT2D eigenvalue weighted by Crippen LogP contribution is -2.13. The molecule has 0 amide bonds. The minimum absolute atomic E-state index is 0.0465. The van der Waals surface area contributed by atoms with E-state index in [1.807, 2.05) is 6.92 Å². The molecule has 21 heavy (non-hydrogen) atoms. The standard InChI is InChI=1S/C13H16ClFO5S/c1-3-4-19-5-6-20-13(16)10-8-12(21(14,17)18)9(2)7-11(10)15/h7-8H,3-6H2,1-2H3. The lowest BCUT2D eigenvalue weighted by molar-refractivity contribution is 0.0314. The van der Waals surface area contributed by atoms with E-state index in [2.05, 4.69) is 0 Å². The minimum atomic E-state index is -4.07. The van der Waals surface area contributed by atoms with Crippen LogP contribution in [0.1, 0.15) is 29.3 Å². The third-order valence-corrected chi connectivity index (χ3v) is 4.02. The first-order chi connectivity index (χ1) is 9.77. The molecule has 0 aliphatic heterocycles. The van der Waals surface area contributed by atoms with Crippen LogP contribution in [0, 0.1) is 12.7 Å². The first-order valence-electron chi connectivity index (χ1n) is 6.27. The van der Waals surface area contributed by atoms with Gasteiger partial charge in [-0.25, -0.2) is 17.6 Å². The normalized spacial score (nSPS) is 11.4. The Hall–Kier alpha value is -1.18. The molecule has 0 saturated heterocycles. The number of benzene rings is 1. The van der Waals surface area contributed by atoms with Gasteiger partial charge in [0.2, 0.25) is 0 Å². The Balaban J connectivity index is 2.85. The molecule has 8 heteroatoms. The molecule has 5 nitrogen and oxygen atoms in total. The number of rotatable bonds is 7. The maximum Gasteiger partial charge on any atom is 0.341 e. The zero-order chi connectivity index (χ0) is 16.0. The average molecular weight is 339 g/mol. The highest BCUT2D eigenvalue weighted by Gasteiger charge is 2.21. The smallest absolute Gasteiger partial charge is 0.341 e. The predicted octanol–water partition coefficient (Wildman–Crippen LogP) is 2.65. The summed E-state index contributed by atoms with van der Waals surface area (Å²) in [6.07, 6.45) is 0.831. The summed E-state index contributed by atoms with van der Waals surface area (Å²) in [5.74, 6) is -1.83. The second kappa shape index (κ2) is 7.72. The van der Waals surface area contributed by atoms with E-state index in [0.29, 0.717) is 6.61 Å². The lowest BCUT2D eigenvalue weighted by atomic mass is 10.1. The average Bonchev–Trinajstić information content (AvgIpc) is 2.36. The Bertz CT molecular complexity index is 615. The van der Waals surface area contributed by atoms with Crippen LogP contribution in [0.15, 0.2) is 17.0 Å². The number of esters is 1. The molecular formula is C13H16ClFO5S. The summed E-state index contributed by atoms with van der Waals surface area (Å²) in [7, 11) is 1.17. The van der Waals surface area contributed by atoms with Crippen LogP contribution in [0.4, 0.5) is 4.39 Å². The van der Waals surface area contributed by atoms with Gasteiger partial charge >= 0.3 is 5.97 Å². The summed E-state index contributed by atoms with van der Waals surface area (Å²) >= 11 is 0. The van der Waals surface area contributed by atoms with Crippen LogP contribution in [0.3, 0.4) is 0 Å². The highest BCUT2D eigenvalue weighted by molar-refractivity contribution is 8.13. The lowest BCUT2D eigenvalue weighted by Gasteiger charge is -2.09. The van der Waals surface area contributed by atoms with Gasteiger partial charge in [0.25, 0.3) is 9.05 Å². The van der Waals surface area contributed by atoms with Crippen LogP contribution in [-0.4, -0.2) is 34.2 Å². The molecule has 1 aromatic carbocycles. The Kier molecular flexibility index (Phi) is 6.57. The Morgan fingerprint density at radius 3 is 2.52 bits per heavy atom. The molecule has 0 heterocycles. The molecule has 0 aromatic heterocycles. The Morgan fingerprint density at radius 2 is 1.95 bits per heavy atom. The molecule has 0 atom stereocenters. The minimum Gasteiger partial charge on any atom is -0.460 e. The van der Waals surface area contributed by atoms with Crippen LogP contribution in [0.5, 0.6) is 0 Å². The fourth-order valence-corrected chi connectivity index (χ4v) is 2.79. The van der Waals surface area contributed by atoms with Crippen molar-refractivity contribution in [3.05, 3.63) is 29.1 Å². The van der Waals surface area contributed by atoms with Gasteiger partial charge in [0.05, 0.1) is 17.1 Å². The van der Waals surface area contributed by atoms with E-state index in [-0.39, 0.29) is 23.7 Å². The molecule has 0 N–H and O–H groups in total. The number of hydrogen-bond donors (Lipinski definition) is 0. The maximum absolute atomic E-state index is 13.7. The molecule has 1 aromatic rings. The van der Waals surface area contributed by atoms with E-state index in [0.717, 1.165) is 18.6 Å². The van der Waals surface area contributed by atoms with Crippen molar-refractivity contribution in [3.8, 4) is 0 Å². The number of aryl methyl sites for hydroxylation is 1. The third kappa shape index (κ3) is 5.26. The largest absolute Gasteiger partial charge is 0.460 e. The van der Waals surface area contributed by atoms with Crippen LogP contribution >= 0.6 is 10.7 Å². The van der Waals surface area contributed by atoms with Crippen molar-refractivity contribution in [3.63, 3.8) is 0 Å². The summed E-state index contributed by atoms with van der Waals surface area (Å²) in [5, 5.41) is 0. The molecular weight excluding hydrogens is 323 g/mol. The Labute approximate surface area is 127 Å². The topological polar surface area (TPSA) is 69.7 Å². The first-order valence-corrected chi connectivity index (χ1v) is 8.58. The highest BCUT2D eigenvalue weighted by atomic mass is 35.7. The van der Waals surface area contributed by atoms with Crippen LogP contribution < -0.4 is 0 Å². The van der Waals surface area contributed by atoms with Crippen LogP contribution in [0.2, 0.25) is 0 Å². The summed E-state index contributed by atoms with van der Waals surface area (Å²) < 4.78 is 46.3. The van der Waals surface area contributed by atoms with Gasteiger partial charge in [-0.15, -0.1) is 0 Å². The summed E-state index contributed by atoms with van der Waals surface area (Å²) in [4.78, 5) is 11.4. The Morgan fingerprint density at radius 1 is 1.29 bits per heavy atom. The van der Waals surface area contributed by atoms with Gasteiger partial charge in [-0.2, -0.15) is 0 Å². The second-order valence-electron chi connectivity index (χ2n) is 4.28. The maximum atomic E-state index is 13.7. The van der Waals surface area contributed by atoms with E-state index in [1.165, 1.54) is 6.92 Å². The molecule has 0 unspecified atom stereocenters.